The molecule has 0 amide bonds. The SMILES string of the molecule is O=C(O)c1cccc(-c2ccc([B]O)c(CO)c2)c1. The summed E-state index contributed by atoms with van der Waals surface area (Å²) in [7, 11) is 0.934. The Morgan fingerprint density at radius 3 is 2.47 bits per heavy atom. The molecule has 0 atom stereocenters. The molecule has 0 saturated heterocycles. The Morgan fingerprint density at radius 2 is 1.84 bits per heavy atom. The molecule has 5 heteroatoms. The van der Waals surface area contributed by atoms with Crippen LogP contribution in [0.5, 0.6) is 0 Å². The van der Waals surface area contributed by atoms with Gasteiger partial charge in [0.25, 0.3) is 0 Å². The van der Waals surface area contributed by atoms with Crippen LogP contribution in [0.25, 0.3) is 11.1 Å². The number of aliphatic hydroxyl groups excluding tert-OH is 1. The lowest BCUT2D eigenvalue weighted by Gasteiger charge is -2.08. The zero-order valence-corrected chi connectivity index (χ0v) is 10.1. The molecule has 3 N–H and O–H groups in total. The van der Waals surface area contributed by atoms with Gasteiger partial charge in [-0.15, -0.1) is 0 Å². The summed E-state index contributed by atoms with van der Waals surface area (Å²) in [5, 5.41) is 27.2. The van der Waals surface area contributed by atoms with Crippen LogP contribution in [0.4, 0.5) is 0 Å². The van der Waals surface area contributed by atoms with Crippen molar-refractivity contribution in [2.45, 2.75) is 6.61 Å². The summed E-state index contributed by atoms with van der Waals surface area (Å²) in [5.74, 6) is -0.982. The van der Waals surface area contributed by atoms with E-state index >= 15 is 0 Å². The van der Waals surface area contributed by atoms with Crippen LogP contribution in [0.15, 0.2) is 42.5 Å². The molecule has 2 aromatic rings. The fourth-order valence-corrected chi connectivity index (χ4v) is 1.88. The van der Waals surface area contributed by atoms with Crippen LogP contribution in [0.3, 0.4) is 0 Å². The molecule has 0 bridgehead atoms. The number of aliphatic hydroxyl groups is 1. The molecule has 95 valence electrons. The van der Waals surface area contributed by atoms with E-state index < -0.39 is 5.97 Å². The highest BCUT2D eigenvalue weighted by Gasteiger charge is 2.08. The summed E-state index contributed by atoms with van der Waals surface area (Å²) in [6.45, 7) is -0.196. The summed E-state index contributed by atoms with van der Waals surface area (Å²) in [6, 6.07) is 11.7. The van der Waals surface area contributed by atoms with E-state index in [1.54, 1.807) is 36.4 Å². The first-order chi connectivity index (χ1) is 9.15. The van der Waals surface area contributed by atoms with Gasteiger partial charge < -0.3 is 15.2 Å². The molecule has 0 saturated carbocycles. The van der Waals surface area contributed by atoms with E-state index in [1.807, 2.05) is 0 Å². The molecule has 19 heavy (non-hydrogen) atoms. The molecule has 4 nitrogen and oxygen atoms in total. The first kappa shape index (κ1) is 13.3. The van der Waals surface area contributed by atoms with Crippen molar-refractivity contribution < 1.29 is 20.0 Å². The minimum Gasteiger partial charge on any atom is -0.478 e. The summed E-state index contributed by atoms with van der Waals surface area (Å²) in [6.07, 6.45) is 0. The second kappa shape index (κ2) is 5.69. The third kappa shape index (κ3) is 2.84. The van der Waals surface area contributed by atoms with E-state index in [-0.39, 0.29) is 12.2 Å². The van der Waals surface area contributed by atoms with E-state index in [2.05, 4.69) is 0 Å². The summed E-state index contributed by atoms with van der Waals surface area (Å²) in [5.41, 5.74) is 2.87. The largest absolute Gasteiger partial charge is 0.478 e. The Hall–Kier alpha value is -2.11. The molecule has 0 unspecified atom stereocenters. The molecule has 2 aromatic carbocycles. The van der Waals surface area contributed by atoms with Crippen LogP contribution in [0.1, 0.15) is 15.9 Å². The topological polar surface area (TPSA) is 77.8 Å². The number of carboxylic acid groups (broad SMARTS) is 1. The lowest BCUT2D eigenvalue weighted by Crippen LogP contribution is -2.18. The predicted octanol–water partition coefficient (Wildman–Crippen LogP) is 0.781. The molecule has 0 spiro atoms. The second-order valence-corrected chi connectivity index (χ2v) is 4.09. The summed E-state index contributed by atoms with van der Waals surface area (Å²) < 4.78 is 0. The Morgan fingerprint density at radius 1 is 1.11 bits per heavy atom. The molecule has 0 aliphatic heterocycles. The molecular weight excluding hydrogens is 243 g/mol. The van der Waals surface area contributed by atoms with Gasteiger partial charge in [0.2, 0.25) is 0 Å². The van der Waals surface area contributed by atoms with Gasteiger partial charge in [-0.25, -0.2) is 4.79 Å². The van der Waals surface area contributed by atoms with Crippen LogP contribution in [-0.4, -0.2) is 28.7 Å². The van der Waals surface area contributed by atoms with E-state index in [1.165, 1.54) is 6.07 Å². The molecule has 1 radical (unpaired) electrons. The number of aromatic carboxylic acids is 1. The minimum atomic E-state index is -0.982. The fourth-order valence-electron chi connectivity index (χ4n) is 1.88. The van der Waals surface area contributed by atoms with E-state index in [4.69, 9.17) is 10.1 Å². The van der Waals surface area contributed by atoms with Gasteiger partial charge in [0.05, 0.1) is 12.2 Å². The number of carboxylic acids is 1. The lowest BCUT2D eigenvalue weighted by atomic mass is 9.83. The first-order valence-electron chi connectivity index (χ1n) is 5.70. The quantitative estimate of drug-likeness (QED) is 0.705. The molecule has 0 aliphatic carbocycles. The van der Waals surface area contributed by atoms with Crippen LogP contribution >= 0.6 is 0 Å². The number of rotatable bonds is 4. The highest BCUT2D eigenvalue weighted by Crippen LogP contribution is 2.21. The zero-order chi connectivity index (χ0) is 13.8. The minimum absolute atomic E-state index is 0.196. The summed E-state index contributed by atoms with van der Waals surface area (Å²) in [4.78, 5) is 10.9. The third-order valence-electron chi connectivity index (χ3n) is 2.90. The average Bonchev–Trinajstić information content (AvgIpc) is 2.46. The molecule has 2 rings (SSSR count). The van der Waals surface area contributed by atoms with Crippen LogP contribution in [0, 0.1) is 0 Å². The Balaban J connectivity index is 2.47. The van der Waals surface area contributed by atoms with Gasteiger partial charge in [-0.2, -0.15) is 0 Å². The molecule has 0 fully saturated rings. The van der Waals surface area contributed by atoms with E-state index in [0.717, 1.165) is 18.6 Å². The predicted molar refractivity (Wildman–Crippen MR) is 72.4 cm³/mol. The van der Waals surface area contributed by atoms with Gasteiger partial charge in [0.1, 0.15) is 0 Å². The van der Waals surface area contributed by atoms with Gasteiger partial charge in [0.15, 0.2) is 0 Å². The standard InChI is InChI=1S/C14H12BO4/c16-8-12-7-10(4-5-13(12)15-19)9-2-1-3-11(6-9)14(17)18/h1-7,16,19H,8H2,(H,17,18). The van der Waals surface area contributed by atoms with Crippen molar-refractivity contribution in [1.29, 1.82) is 0 Å². The zero-order valence-electron chi connectivity index (χ0n) is 10.1. The van der Waals surface area contributed by atoms with Crippen molar-refractivity contribution in [2.75, 3.05) is 0 Å². The fraction of sp³-hybridized carbons (Fsp3) is 0.0714. The van der Waals surface area contributed by atoms with Crippen LogP contribution in [-0.2, 0) is 6.61 Å². The third-order valence-corrected chi connectivity index (χ3v) is 2.90. The lowest BCUT2D eigenvalue weighted by molar-refractivity contribution is 0.0697. The van der Waals surface area contributed by atoms with Crippen molar-refractivity contribution in [3.63, 3.8) is 0 Å². The van der Waals surface area contributed by atoms with Gasteiger partial charge in [0, 0.05) is 0 Å². The molecular formula is C14H12BO4. The maximum Gasteiger partial charge on any atom is 0.335 e. The molecule has 0 aromatic heterocycles. The number of carbonyl (C=O) groups is 1. The van der Waals surface area contributed by atoms with Crippen molar-refractivity contribution >= 4 is 18.9 Å². The van der Waals surface area contributed by atoms with Crippen molar-refractivity contribution in [3.8, 4) is 11.1 Å². The highest BCUT2D eigenvalue weighted by molar-refractivity contribution is 6.46. The van der Waals surface area contributed by atoms with Gasteiger partial charge in [-0.3, -0.25) is 0 Å². The molecule has 0 heterocycles. The maximum absolute atomic E-state index is 10.9. The second-order valence-electron chi connectivity index (χ2n) is 4.09. The van der Waals surface area contributed by atoms with Gasteiger partial charge in [-0.05, 0) is 40.4 Å². The smallest absolute Gasteiger partial charge is 0.335 e. The Kier molecular flexibility index (Phi) is 3.99. The normalized spacial score (nSPS) is 10.2. The Bertz CT molecular complexity index is 610. The van der Waals surface area contributed by atoms with E-state index in [0.29, 0.717) is 11.0 Å². The number of benzene rings is 2. The van der Waals surface area contributed by atoms with Gasteiger partial charge >= 0.3 is 13.5 Å². The maximum atomic E-state index is 10.9. The van der Waals surface area contributed by atoms with Gasteiger partial charge in [-0.1, -0.05) is 24.3 Å². The summed E-state index contributed by atoms with van der Waals surface area (Å²) >= 11 is 0. The monoisotopic (exact) mass is 255 g/mol. The highest BCUT2D eigenvalue weighted by atomic mass is 16.4. The average molecular weight is 255 g/mol. The van der Waals surface area contributed by atoms with E-state index in [9.17, 15) is 9.90 Å². The van der Waals surface area contributed by atoms with Crippen LogP contribution in [0.2, 0.25) is 0 Å². The first-order valence-corrected chi connectivity index (χ1v) is 5.70. The number of hydrogen-bond acceptors (Lipinski definition) is 3. The van der Waals surface area contributed by atoms with Crippen molar-refractivity contribution in [2.24, 2.45) is 0 Å². The van der Waals surface area contributed by atoms with Crippen molar-refractivity contribution in [3.05, 3.63) is 53.6 Å². The Labute approximate surface area is 111 Å². The molecule has 0 aliphatic rings. The van der Waals surface area contributed by atoms with Crippen molar-refractivity contribution in [1.82, 2.24) is 0 Å². The number of hydrogen-bond donors (Lipinski definition) is 3. The van der Waals surface area contributed by atoms with Crippen LogP contribution < -0.4 is 5.46 Å².